The zero-order valence-corrected chi connectivity index (χ0v) is 23.8. The average Bonchev–Trinajstić information content (AvgIpc) is 3.27. The number of hydrogen-bond donors (Lipinski definition) is 4. The molecule has 2 aliphatic carbocycles. The lowest BCUT2D eigenvalue weighted by molar-refractivity contribution is -0.130. The van der Waals surface area contributed by atoms with Gasteiger partial charge in [0, 0.05) is 32.1 Å². The Morgan fingerprint density at radius 2 is 1.98 bits per heavy atom. The van der Waals surface area contributed by atoms with Crippen LogP contribution in [0.3, 0.4) is 0 Å². The highest BCUT2D eigenvalue weighted by atomic mass is 16.4. The third-order valence-corrected chi connectivity index (χ3v) is 8.90. The van der Waals surface area contributed by atoms with Crippen LogP contribution in [0.5, 0.6) is 0 Å². The van der Waals surface area contributed by atoms with Crippen LogP contribution in [0.1, 0.15) is 57.7 Å². The minimum atomic E-state index is -1.37. The van der Waals surface area contributed by atoms with E-state index in [9.17, 15) is 14.7 Å². The number of anilines is 2. The quantitative estimate of drug-likeness (QED) is 0.166. The molecule has 4 N–H and O–H groups in total. The van der Waals surface area contributed by atoms with E-state index in [4.69, 9.17) is 16.8 Å². The number of nitrogens with zero attached hydrogens (tertiary/aromatic N) is 6. The summed E-state index contributed by atoms with van der Waals surface area (Å²) in [5.41, 5.74) is 1.03. The topological polar surface area (TPSA) is 152 Å². The fourth-order valence-electron chi connectivity index (χ4n) is 6.12. The van der Waals surface area contributed by atoms with Crippen molar-refractivity contribution in [3.63, 3.8) is 0 Å². The largest absolute Gasteiger partial charge is 0.465 e. The fraction of sp³-hybridized carbons (Fsp3) is 0.586. The fourth-order valence-corrected chi connectivity index (χ4v) is 6.12. The molecule has 2 atom stereocenters. The number of carbonyl (C=O) groups excluding carboxylic acids is 1. The molecule has 1 saturated heterocycles. The molecule has 3 aliphatic rings. The highest BCUT2D eigenvalue weighted by molar-refractivity contribution is 6.03. The van der Waals surface area contributed by atoms with Crippen LogP contribution in [-0.2, 0) is 11.3 Å². The number of rotatable bonds is 8. The normalized spacial score (nSPS) is 23.9. The maximum atomic E-state index is 12.9. The lowest BCUT2D eigenvalue weighted by Gasteiger charge is -2.39. The second-order valence-corrected chi connectivity index (χ2v) is 11.6. The molecule has 0 aromatic carbocycles. The number of terminal acetylenes is 1. The molecule has 0 unspecified atom stereocenters. The van der Waals surface area contributed by atoms with E-state index in [1.807, 2.05) is 11.0 Å². The van der Waals surface area contributed by atoms with Gasteiger partial charge in [0.2, 0.25) is 11.9 Å². The van der Waals surface area contributed by atoms with Crippen LogP contribution in [0.4, 0.5) is 16.6 Å². The number of likely N-dealkylation sites (N-methyl/N-ethyl adjacent to an activating group) is 1. The maximum Gasteiger partial charge on any atom is 0.410 e. The molecule has 2 amide bonds. The van der Waals surface area contributed by atoms with Gasteiger partial charge < -0.3 is 24.8 Å². The van der Waals surface area contributed by atoms with Gasteiger partial charge in [0.15, 0.2) is 23.1 Å². The summed E-state index contributed by atoms with van der Waals surface area (Å²) in [6, 6.07) is -0.0459. The van der Waals surface area contributed by atoms with Crippen LogP contribution in [-0.4, -0.2) is 79.6 Å². The number of carboxylic acid groups (broad SMARTS) is 1. The Kier molecular flexibility index (Phi) is 8.15. The zero-order chi connectivity index (χ0) is 29.3. The van der Waals surface area contributed by atoms with Gasteiger partial charge in [0.25, 0.3) is 0 Å². The molecule has 0 bridgehead atoms. The van der Waals surface area contributed by atoms with Crippen LogP contribution in [0.15, 0.2) is 12.7 Å². The predicted molar refractivity (Wildman–Crippen MR) is 157 cm³/mol. The lowest BCUT2D eigenvalue weighted by Crippen LogP contribution is -2.55. The molecule has 218 valence electrons. The summed E-state index contributed by atoms with van der Waals surface area (Å²) >= 11 is 0. The summed E-state index contributed by atoms with van der Waals surface area (Å²) in [5.74, 6) is 4.63. The number of amidine groups is 1. The van der Waals surface area contributed by atoms with Crippen molar-refractivity contribution in [2.45, 2.75) is 70.5 Å². The Morgan fingerprint density at radius 3 is 2.59 bits per heavy atom. The van der Waals surface area contributed by atoms with Crippen LogP contribution in [0.2, 0.25) is 0 Å². The van der Waals surface area contributed by atoms with E-state index in [0.29, 0.717) is 53.8 Å². The minimum absolute atomic E-state index is 0.0209. The summed E-state index contributed by atoms with van der Waals surface area (Å²) in [7, 11) is 1.78. The Morgan fingerprint density at radius 1 is 1.24 bits per heavy atom. The summed E-state index contributed by atoms with van der Waals surface area (Å²) in [6.45, 7) is 7.41. The average molecular weight is 562 g/mol. The van der Waals surface area contributed by atoms with E-state index < -0.39 is 11.9 Å². The monoisotopic (exact) mass is 561 g/mol. The number of aromatic nitrogens is 4. The molecule has 2 aromatic heterocycles. The van der Waals surface area contributed by atoms with E-state index in [1.165, 1.54) is 6.42 Å². The van der Waals surface area contributed by atoms with Crippen molar-refractivity contribution in [1.29, 1.82) is 5.41 Å². The number of piperazine rings is 1. The molecule has 0 spiro atoms. The molecule has 0 radical (unpaired) electrons. The molecular formula is C29H39N9O3. The van der Waals surface area contributed by atoms with Crippen molar-refractivity contribution in [3.8, 4) is 12.3 Å². The SMILES string of the molecule is C#CC1CCC(Cn2c(N3CC(=O)N(C)C[C@H]3C=C)nc3nc(C(=N)NC(=O)O)nc(N[C@H](C)C4CCC4)c32)CC1. The Labute approximate surface area is 240 Å². The molecule has 3 heterocycles. The van der Waals surface area contributed by atoms with Crippen molar-refractivity contribution in [2.75, 3.05) is 30.4 Å². The zero-order valence-electron chi connectivity index (χ0n) is 23.8. The van der Waals surface area contributed by atoms with Gasteiger partial charge in [-0.15, -0.1) is 18.9 Å². The van der Waals surface area contributed by atoms with E-state index in [1.54, 1.807) is 11.9 Å². The summed E-state index contributed by atoms with van der Waals surface area (Å²) in [6.07, 6.45) is 13.5. The van der Waals surface area contributed by atoms with Crippen molar-refractivity contribution < 1.29 is 14.7 Å². The molecule has 41 heavy (non-hydrogen) atoms. The number of nitrogens with one attached hydrogen (secondary N) is 3. The van der Waals surface area contributed by atoms with Crippen molar-refractivity contribution in [1.82, 2.24) is 29.7 Å². The molecule has 12 nitrogen and oxygen atoms in total. The van der Waals surface area contributed by atoms with Gasteiger partial charge in [-0.2, -0.15) is 4.98 Å². The van der Waals surface area contributed by atoms with Gasteiger partial charge in [-0.05, 0) is 57.3 Å². The molecule has 12 heteroatoms. The van der Waals surface area contributed by atoms with Crippen molar-refractivity contribution in [3.05, 3.63) is 18.5 Å². The second-order valence-electron chi connectivity index (χ2n) is 11.6. The van der Waals surface area contributed by atoms with E-state index in [2.05, 4.69) is 44.6 Å². The molecule has 2 saturated carbocycles. The highest BCUT2D eigenvalue weighted by Gasteiger charge is 2.35. The highest BCUT2D eigenvalue weighted by Crippen LogP contribution is 2.36. The van der Waals surface area contributed by atoms with Crippen LogP contribution in [0.25, 0.3) is 11.2 Å². The third kappa shape index (κ3) is 5.85. The Bertz CT molecular complexity index is 1380. The molecule has 3 fully saturated rings. The summed E-state index contributed by atoms with van der Waals surface area (Å²) < 4.78 is 2.11. The number of imidazole rings is 1. The van der Waals surface area contributed by atoms with Crippen LogP contribution < -0.4 is 15.5 Å². The molecule has 2 aromatic rings. The van der Waals surface area contributed by atoms with E-state index >= 15 is 0 Å². The smallest absolute Gasteiger partial charge is 0.410 e. The lowest BCUT2D eigenvalue weighted by atomic mass is 9.80. The standard InChI is InChI=1S/C29H39N9O3/c1-5-18-10-12-19(13-11-18)14-38-23-25(31-17(3)20-8-7-9-20)33-27(24(30)32-29(40)41)34-26(23)35-28(38)37-16-22(39)36(4)15-21(37)6-2/h1,6,17-21H,2,7-16H2,3-4H3,(H2,30,32)(H,40,41)(H,31,33,34)/t17-,18?,19?,21-/m1/s1. The van der Waals surface area contributed by atoms with Gasteiger partial charge in [-0.25, -0.2) is 14.8 Å². The Hall–Kier alpha value is -4.14. The first-order valence-corrected chi connectivity index (χ1v) is 14.4. The first-order chi connectivity index (χ1) is 19.7. The number of amides is 2. The predicted octanol–water partition coefficient (Wildman–Crippen LogP) is 3.29. The van der Waals surface area contributed by atoms with Gasteiger partial charge in [-0.1, -0.05) is 12.5 Å². The van der Waals surface area contributed by atoms with Crippen LogP contribution >= 0.6 is 0 Å². The second kappa shape index (κ2) is 11.8. The number of fused-ring (bicyclic) bond motifs is 1. The first kappa shape index (κ1) is 28.4. The van der Waals surface area contributed by atoms with Gasteiger partial charge >= 0.3 is 6.09 Å². The Balaban J connectivity index is 1.64. The number of hydrogen-bond acceptors (Lipinski definition) is 8. The van der Waals surface area contributed by atoms with Gasteiger partial charge in [-0.3, -0.25) is 15.5 Å². The van der Waals surface area contributed by atoms with E-state index in [-0.39, 0.29) is 30.4 Å². The van der Waals surface area contributed by atoms with Crippen molar-refractivity contribution >= 4 is 40.8 Å². The van der Waals surface area contributed by atoms with E-state index in [0.717, 1.165) is 38.5 Å². The summed E-state index contributed by atoms with van der Waals surface area (Å²) in [5, 5.41) is 23.1. The molecule has 5 rings (SSSR count). The number of carbonyl (C=O) groups is 2. The van der Waals surface area contributed by atoms with Gasteiger partial charge in [0.05, 0.1) is 6.04 Å². The first-order valence-electron chi connectivity index (χ1n) is 14.4. The maximum absolute atomic E-state index is 12.9. The molecular weight excluding hydrogens is 522 g/mol. The third-order valence-electron chi connectivity index (χ3n) is 8.90. The molecule has 1 aliphatic heterocycles. The van der Waals surface area contributed by atoms with Gasteiger partial charge in [0.1, 0.15) is 12.1 Å². The summed E-state index contributed by atoms with van der Waals surface area (Å²) in [4.78, 5) is 42.0. The minimum Gasteiger partial charge on any atom is -0.465 e. The van der Waals surface area contributed by atoms with Crippen LogP contribution in [0, 0.1) is 35.5 Å². The van der Waals surface area contributed by atoms with Crippen molar-refractivity contribution in [2.24, 2.45) is 17.8 Å².